The fourth-order valence-electron chi connectivity index (χ4n) is 2.61. The number of aromatic nitrogens is 1. The molecule has 1 aromatic carbocycles. The Bertz CT molecular complexity index is 682. The second kappa shape index (κ2) is 6.12. The monoisotopic (exact) mass is 320 g/mol. The van der Waals surface area contributed by atoms with Gasteiger partial charge >= 0.3 is 0 Å². The zero-order chi connectivity index (χ0) is 15.7. The highest BCUT2D eigenvalue weighted by atomic mass is 32.2. The van der Waals surface area contributed by atoms with Crippen LogP contribution in [0.5, 0.6) is 0 Å². The molecule has 116 valence electrons. The van der Waals surface area contributed by atoms with E-state index in [0.717, 1.165) is 23.4 Å². The lowest BCUT2D eigenvalue weighted by Gasteiger charge is -2.17. The number of nitrogens with zero attached hydrogens (tertiary/aromatic N) is 2. The maximum absolute atomic E-state index is 13.8. The van der Waals surface area contributed by atoms with Crippen LogP contribution in [0.3, 0.4) is 0 Å². The van der Waals surface area contributed by atoms with E-state index in [-0.39, 0.29) is 17.0 Å². The van der Waals surface area contributed by atoms with Crippen molar-refractivity contribution in [3.05, 3.63) is 47.1 Å². The Balaban J connectivity index is 1.68. The smallest absolute Gasteiger partial charge is 0.240 e. The predicted molar refractivity (Wildman–Crippen MR) is 84.4 cm³/mol. The van der Waals surface area contributed by atoms with Crippen LogP contribution in [0.15, 0.2) is 28.8 Å². The first-order chi connectivity index (χ1) is 10.6. The lowest BCUT2D eigenvalue weighted by Crippen LogP contribution is -2.28. The van der Waals surface area contributed by atoms with Crippen LogP contribution in [0.1, 0.15) is 23.4 Å². The third kappa shape index (κ3) is 2.75. The molecule has 1 aromatic heterocycles. The van der Waals surface area contributed by atoms with Crippen molar-refractivity contribution < 1.29 is 13.7 Å². The molecular weight excluding hydrogens is 303 g/mol. The predicted octanol–water partition coefficient (Wildman–Crippen LogP) is 3.47. The first-order valence-electron chi connectivity index (χ1n) is 7.17. The second-order valence-corrected chi connectivity index (χ2v) is 6.52. The first kappa shape index (κ1) is 15.1. The Labute approximate surface area is 132 Å². The molecule has 0 aliphatic carbocycles. The highest BCUT2D eigenvalue weighted by molar-refractivity contribution is 7.99. The molecule has 4 nitrogen and oxygen atoms in total. The maximum atomic E-state index is 13.8. The normalized spacial score (nSPS) is 18.2. The third-order valence-corrected chi connectivity index (χ3v) is 5.20. The Morgan fingerprint density at radius 1 is 1.41 bits per heavy atom. The molecule has 0 bridgehead atoms. The topological polar surface area (TPSA) is 46.3 Å². The van der Waals surface area contributed by atoms with Crippen LogP contribution in [0.4, 0.5) is 10.1 Å². The van der Waals surface area contributed by atoms with E-state index >= 15 is 0 Å². The quantitative estimate of drug-likeness (QED) is 0.865. The van der Waals surface area contributed by atoms with Gasteiger partial charge < -0.3 is 9.42 Å². The Morgan fingerprint density at radius 3 is 2.86 bits per heavy atom. The van der Waals surface area contributed by atoms with Crippen LogP contribution in [-0.4, -0.2) is 22.9 Å². The molecule has 1 amide bonds. The molecule has 1 fully saturated rings. The van der Waals surface area contributed by atoms with E-state index in [9.17, 15) is 9.18 Å². The zero-order valence-electron chi connectivity index (χ0n) is 12.5. The largest absolute Gasteiger partial charge is 0.361 e. The minimum absolute atomic E-state index is 0.0261. The summed E-state index contributed by atoms with van der Waals surface area (Å²) in [4.78, 5) is 14.0. The van der Waals surface area contributed by atoms with Crippen molar-refractivity contribution in [1.29, 1.82) is 0 Å². The van der Waals surface area contributed by atoms with Crippen LogP contribution in [0.2, 0.25) is 0 Å². The van der Waals surface area contributed by atoms with Gasteiger partial charge in [-0.1, -0.05) is 17.3 Å². The minimum Gasteiger partial charge on any atom is -0.361 e. The number of anilines is 1. The van der Waals surface area contributed by atoms with Crippen molar-refractivity contribution >= 4 is 23.4 Å². The average molecular weight is 320 g/mol. The van der Waals surface area contributed by atoms with Crippen molar-refractivity contribution in [3.63, 3.8) is 0 Å². The number of benzene rings is 1. The molecule has 0 unspecified atom stereocenters. The van der Waals surface area contributed by atoms with Gasteiger partial charge in [0.25, 0.3) is 0 Å². The van der Waals surface area contributed by atoms with Gasteiger partial charge in [-0.25, -0.2) is 4.39 Å². The van der Waals surface area contributed by atoms with Crippen molar-refractivity contribution in [2.24, 2.45) is 0 Å². The number of aryl methyl sites for hydroxylation is 2. The summed E-state index contributed by atoms with van der Waals surface area (Å²) >= 11 is 1.57. The summed E-state index contributed by atoms with van der Waals surface area (Å²) in [5.41, 5.74) is 2.27. The van der Waals surface area contributed by atoms with Crippen molar-refractivity contribution in [1.82, 2.24) is 5.16 Å². The van der Waals surface area contributed by atoms with Gasteiger partial charge in [0.1, 0.15) is 11.6 Å². The zero-order valence-corrected chi connectivity index (χ0v) is 13.3. The molecule has 0 saturated carbocycles. The van der Waals surface area contributed by atoms with Crippen molar-refractivity contribution in [3.8, 4) is 0 Å². The fraction of sp³-hybridized carbons (Fsp3) is 0.375. The van der Waals surface area contributed by atoms with Crippen LogP contribution in [-0.2, 0) is 10.5 Å². The van der Waals surface area contributed by atoms with E-state index in [2.05, 4.69) is 5.16 Å². The van der Waals surface area contributed by atoms with Crippen LogP contribution in [0, 0.1) is 19.7 Å². The average Bonchev–Trinajstić information content (AvgIpc) is 3.02. The van der Waals surface area contributed by atoms with E-state index in [1.807, 2.05) is 13.8 Å². The van der Waals surface area contributed by atoms with Gasteiger partial charge in [-0.05, 0) is 32.4 Å². The molecule has 0 N–H and O–H groups in total. The molecule has 0 spiro atoms. The van der Waals surface area contributed by atoms with E-state index in [1.165, 1.54) is 6.07 Å². The van der Waals surface area contributed by atoms with Gasteiger partial charge in [-0.3, -0.25) is 4.79 Å². The van der Waals surface area contributed by atoms with Gasteiger partial charge in [-0.2, -0.15) is 0 Å². The number of carbonyl (C=O) groups is 1. The number of hydrogen-bond donors (Lipinski definition) is 0. The number of rotatable bonds is 4. The molecule has 22 heavy (non-hydrogen) atoms. The molecule has 1 atom stereocenters. The number of para-hydroxylation sites is 1. The Kier molecular flexibility index (Phi) is 4.20. The second-order valence-electron chi connectivity index (χ2n) is 5.33. The van der Waals surface area contributed by atoms with Crippen LogP contribution >= 0.6 is 11.8 Å². The van der Waals surface area contributed by atoms with E-state index in [1.54, 1.807) is 34.9 Å². The molecule has 6 heteroatoms. The molecule has 3 rings (SSSR count). The number of hydrogen-bond acceptors (Lipinski definition) is 4. The molecule has 2 heterocycles. The summed E-state index contributed by atoms with van der Waals surface area (Å²) in [5.74, 6) is 1.10. The Morgan fingerprint density at radius 2 is 2.18 bits per heavy atom. The number of thioether (sulfide) groups is 1. The molecule has 1 aliphatic rings. The highest BCUT2D eigenvalue weighted by Gasteiger charge is 2.34. The van der Waals surface area contributed by atoms with Gasteiger partial charge in [0.15, 0.2) is 0 Å². The van der Waals surface area contributed by atoms with Crippen LogP contribution in [0.25, 0.3) is 0 Å². The van der Waals surface area contributed by atoms with E-state index in [4.69, 9.17) is 4.52 Å². The SMILES string of the molecule is Cc1noc(C)c1CS[C@H]1CCN(c2ccccc2F)C1=O. The molecule has 1 aliphatic heterocycles. The standard InChI is InChI=1S/C16H17FN2O2S/c1-10-12(11(2)21-18-10)9-22-15-7-8-19(16(15)20)14-6-4-3-5-13(14)17/h3-6,15H,7-9H2,1-2H3/t15-/m0/s1. The number of halogens is 1. The fourth-order valence-corrected chi connectivity index (χ4v) is 3.93. The third-order valence-electron chi connectivity index (χ3n) is 3.91. The van der Waals surface area contributed by atoms with Gasteiger partial charge in [0, 0.05) is 17.9 Å². The number of carbonyl (C=O) groups excluding carboxylic acids is 1. The lowest BCUT2D eigenvalue weighted by molar-refractivity contribution is -0.116. The summed E-state index contributed by atoms with van der Waals surface area (Å²) in [7, 11) is 0. The minimum atomic E-state index is -0.354. The van der Waals surface area contributed by atoms with Crippen molar-refractivity contribution in [2.45, 2.75) is 31.3 Å². The maximum Gasteiger partial charge on any atom is 0.240 e. The number of amides is 1. The summed E-state index contributed by atoms with van der Waals surface area (Å²) in [6.07, 6.45) is 0.723. The molecule has 2 aromatic rings. The van der Waals surface area contributed by atoms with Gasteiger partial charge in [0.2, 0.25) is 5.91 Å². The highest BCUT2D eigenvalue weighted by Crippen LogP contribution is 2.32. The Hall–Kier alpha value is -1.82. The summed E-state index contributed by atoms with van der Waals surface area (Å²) < 4.78 is 19.0. The van der Waals surface area contributed by atoms with Crippen molar-refractivity contribution in [2.75, 3.05) is 11.4 Å². The van der Waals surface area contributed by atoms with Gasteiger partial charge in [-0.15, -0.1) is 11.8 Å². The first-order valence-corrected chi connectivity index (χ1v) is 8.22. The molecular formula is C16H17FN2O2S. The summed E-state index contributed by atoms with van der Waals surface area (Å²) in [6, 6.07) is 6.40. The molecule has 0 radical (unpaired) electrons. The lowest BCUT2D eigenvalue weighted by atomic mass is 10.2. The van der Waals surface area contributed by atoms with E-state index < -0.39 is 0 Å². The molecule has 1 saturated heterocycles. The summed E-state index contributed by atoms with van der Waals surface area (Å²) in [5, 5.41) is 3.78. The van der Waals surface area contributed by atoms with E-state index in [0.29, 0.717) is 18.0 Å². The summed E-state index contributed by atoms with van der Waals surface area (Å²) in [6.45, 7) is 4.32. The van der Waals surface area contributed by atoms with Gasteiger partial charge in [0.05, 0.1) is 16.6 Å². The van der Waals surface area contributed by atoms with Crippen LogP contribution < -0.4 is 4.90 Å².